The third-order valence-corrected chi connectivity index (χ3v) is 6.23. The van der Waals surface area contributed by atoms with Crippen LogP contribution in [0, 0.1) is 20.8 Å². The number of carbonyl (C=O) groups excluding carboxylic acids is 1. The number of rotatable bonds is 4. The standard InChI is InChI=1S/C20H24ClN5O/c1-12-14(3)22-11-23-20(12)25-8-15-7-16(9-25)26(15)10-19(27)24-18-6-4-5-17(21)13(18)2/h4-6,11,15-16H,7-10H2,1-3H3,(H,24,27). The molecule has 1 aromatic heterocycles. The lowest BCUT2D eigenvalue weighted by Gasteiger charge is -2.56. The maximum Gasteiger partial charge on any atom is 0.238 e. The first-order chi connectivity index (χ1) is 12.9. The molecule has 2 atom stereocenters. The fraction of sp³-hybridized carbons (Fsp3) is 0.450. The van der Waals surface area contributed by atoms with E-state index in [4.69, 9.17) is 11.6 Å². The summed E-state index contributed by atoms with van der Waals surface area (Å²) in [7, 11) is 0. The lowest BCUT2D eigenvalue weighted by Crippen LogP contribution is -2.70. The summed E-state index contributed by atoms with van der Waals surface area (Å²) < 4.78 is 0. The van der Waals surface area contributed by atoms with Gasteiger partial charge in [0.05, 0.1) is 6.54 Å². The highest BCUT2D eigenvalue weighted by Crippen LogP contribution is 2.35. The van der Waals surface area contributed by atoms with E-state index in [2.05, 4.69) is 32.0 Å². The number of fused-ring (bicyclic) bond motifs is 2. The number of anilines is 2. The van der Waals surface area contributed by atoms with Crippen LogP contribution < -0.4 is 10.2 Å². The van der Waals surface area contributed by atoms with Crippen LogP contribution in [-0.2, 0) is 4.79 Å². The van der Waals surface area contributed by atoms with Gasteiger partial charge in [-0.2, -0.15) is 0 Å². The number of carbonyl (C=O) groups is 1. The van der Waals surface area contributed by atoms with Crippen LogP contribution in [0.2, 0.25) is 5.02 Å². The van der Waals surface area contributed by atoms with Crippen molar-refractivity contribution >= 4 is 29.0 Å². The molecule has 27 heavy (non-hydrogen) atoms. The van der Waals surface area contributed by atoms with Crippen LogP contribution in [0.15, 0.2) is 24.5 Å². The van der Waals surface area contributed by atoms with Gasteiger partial charge in [-0.25, -0.2) is 9.97 Å². The Labute approximate surface area is 164 Å². The number of piperidine rings is 1. The maximum absolute atomic E-state index is 12.5. The Hall–Kier alpha value is -2.18. The highest BCUT2D eigenvalue weighted by atomic mass is 35.5. The minimum Gasteiger partial charge on any atom is -0.353 e. The third-order valence-electron chi connectivity index (χ3n) is 5.82. The number of piperazine rings is 1. The van der Waals surface area contributed by atoms with Gasteiger partial charge in [-0.1, -0.05) is 17.7 Å². The van der Waals surface area contributed by atoms with E-state index in [0.29, 0.717) is 23.7 Å². The number of nitrogens with one attached hydrogen (secondary N) is 1. The molecule has 1 amide bonds. The summed E-state index contributed by atoms with van der Waals surface area (Å²) in [4.78, 5) is 25.9. The molecular weight excluding hydrogens is 362 g/mol. The Morgan fingerprint density at radius 3 is 2.67 bits per heavy atom. The molecule has 6 nitrogen and oxygen atoms in total. The Balaban J connectivity index is 1.38. The van der Waals surface area contributed by atoms with Gasteiger partial charge in [-0.3, -0.25) is 9.69 Å². The molecule has 0 radical (unpaired) electrons. The summed E-state index contributed by atoms with van der Waals surface area (Å²) in [6.07, 6.45) is 2.78. The average Bonchev–Trinajstić information content (AvgIpc) is 2.66. The number of amides is 1. The van der Waals surface area contributed by atoms with E-state index >= 15 is 0 Å². The minimum absolute atomic E-state index is 0.0116. The molecule has 3 aliphatic heterocycles. The average molecular weight is 386 g/mol. The molecule has 3 saturated heterocycles. The van der Waals surface area contributed by atoms with Crippen molar-refractivity contribution in [1.82, 2.24) is 14.9 Å². The zero-order valence-corrected chi connectivity index (χ0v) is 16.6. The molecule has 2 bridgehead atoms. The maximum atomic E-state index is 12.5. The van der Waals surface area contributed by atoms with Gasteiger partial charge in [0, 0.05) is 47.1 Å². The SMILES string of the molecule is Cc1ncnc(N2CC3CC(C2)N3CC(=O)Nc2cccc(Cl)c2C)c1C. The van der Waals surface area contributed by atoms with Gasteiger partial charge in [0.25, 0.3) is 0 Å². The lowest BCUT2D eigenvalue weighted by molar-refractivity contribution is -0.121. The van der Waals surface area contributed by atoms with E-state index < -0.39 is 0 Å². The van der Waals surface area contributed by atoms with Gasteiger partial charge in [0.2, 0.25) is 5.91 Å². The van der Waals surface area contributed by atoms with Crippen LogP contribution in [0.3, 0.4) is 0 Å². The van der Waals surface area contributed by atoms with E-state index in [-0.39, 0.29) is 5.91 Å². The fourth-order valence-electron chi connectivity index (χ4n) is 4.06. The monoisotopic (exact) mass is 385 g/mol. The van der Waals surface area contributed by atoms with Crippen molar-refractivity contribution in [2.75, 3.05) is 29.9 Å². The van der Waals surface area contributed by atoms with E-state index in [1.807, 2.05) is 32.0 Å². The van der Waals surface area contributed by atoms with Crippen molar-refractivity contribution < 1.29 is 4.79 Å². The molecular formula is C20H24ClN5O. The van der Waals surface area contributed by atoms with Crippen molar-refractivity contribution in [3.05, 3.63) is 46.4 Å². The Morgan fingerprint density at radius 2 is 1.93 bits per heavy atom. The number of hydrogen-bond donors (Lipinski definition) is 1. The van der Waals surface area contributed by atoms with Gasteiger partial charge >= 0.3 is 0 Å². The molecule has 3 aliphatic rings. The quantitative estimate of drug-likeness (QED) is 0.876. The van der Waals surface area contributed by atoms with Gasteiger partial charge in [0.1, 0.15) is 12.1 Å². The summed E-state index contributed by atoms with van der Waals surface area (Å²) in [5.41, 5.74) is 3.84. The highest BCUT2D eigenvalue weighted by molar-refractivity contribution is 6.31. The normalized spacial score (nSPS) is 21.7. The van der Waals surface area contributed by atoms with Crippen LogP contribution in [0.4, 0.5) is 11.5 Å². The van der Waals surface area contributed by atoms with Gasteiger partial charge < -0.3 is 10.2 Å². The molecule has 7 heteroatoms. The minimum atomic E-state index is 0.0116. The molecule has 2 unspecified atom stereocenters. The summed E-state index contributed by atoms with van der Waals surface area (Å²) in [6, 6.07) is 6.36. The van der Waals surface area contributed by atoms with E-state index in [1.54, 1.807) is 6.33 Å². The van der Waals surface area contributed by atoms with E-state index in [9.17, 15) is 4.79 Å². The van der Waals surface area contributed by atoms with Gasteiger partial charge in [-0.15, -0.1) is 0 Å². The molecule has 1 N–H and O–H groups in total. The number of nitrogens with zero attached hydrogens (tertiary/aromatic N) is 4. The van der Waals surface area contributed by atoms with Crippen LogP contribution in [0.25, 0.3) is 0 Å². The number of aryl methyl sites for hydroxylation is 1. The number of aromatic nitrogens is 2. The summed E-state index contributed by atoms with van der Waals surface area (Å²) in [5, 5.41) is 3.67. The zero-order chi connectivity index (χ0) is 19.1. The van der Waals surface area contributed by atoms with Gasteiger partial charge in [0.15, 0.2) is 0 Å². The third kappa shape index (κ3) is 3.39. The number of hydrogen-bond acceptors (Lipinski definition) is 5. The summed E-state index contributed by atoms with van der Waals surface area (Å²) >= 11 is 6.14. The predicted octanol–water partition coefficient (Wildman–Crippen LogP) is 2.96. The smallest absolute Gasteiger partial charge is 0.238 e. The van der Waals surface area contributed by atoms with Crippen LogP contribution in [-0.4, -0.2) is 52.5 Å². The molecule has 2 aromatic rings. The van der Waals surface area contributed by atoms with Crippen molar-refractivity contribution in [3.63, 3.8) is 0 Å². The largest absolute Gasteiger partial charge is 0.353 e. The van der Waals surface area contributed by atoms with E-state index in [0.717, 1.165) is 47.8 Å². The van der Waals surface area contributed by atoms with Crippen molar-refractivity contribution in [2.45, 2.75) is 39.3 Å². The second-order valence-electron chi connectivity index (χ2n) is 7.49. The van der Waals surface area contributed by atoms with Crippen molar-refractivity contribution in [1.29, 1.82) is 0 Å². The molecule has 0 saturated carbocycles. The van der Waals surface area contributed by atoms with E-state index in [1.165, 1.54) is 0 Å². The number of halogens is 1. The molecule has 0 aliphatic carbocycles. The number of benzene rings is 1. The molecule has 5 rings (SSSR count). The topological polar surface area (TPSA) is 61.4 Å². The second kappa shape index (κ2) is 7.09. The summed E-state index contributed by atoms with van der Waals surface area (Å²) in [5.74, 6) is 1.04. The van der Waals surface area contributed by atoms with Crippen LogP contribution >= 0.6 is 11.6 Å². The lowest BCUT2D eigenvalue weighted by atomic mass is 9.87. The Bertz CT molecular complexity index is 875. The van der Waals surface area contributed by atoms with Crippen molar-refractivity contribution in [2.24, 2.45) is 0 Å². The zero-order valence-electron chi connectivity index (χ0n) is 15.9. The first kappa shape index (κ1) is 18.2. The fourth-order valence-corrected chi connectivity index (χ4v) is 4.24. The first-order valence-corrected chi connectivity index (χ1v) is 9.65. The Kier molecular flexibility index (Phi) is 4.78. The highest BCUT2D eigenvalue weighted by Gasteiger charge is 2.45. The van der Waals surface area contributed by atoms with Crippen molar-refractivity contribution in [3.8, 4) is 0 Å². The van der Waals surface area contributed by atoms with Gasteiger partial charge in [-0.05, 0) is 44.9 Å². The summed E-state index contributed by atoms with van der Waals surface area (Å²) in [6.45, 7) is 8.22. The molecule has 3 fully saturated rings. The molecule has 0 spiro atoms. The second-order valence-corrected chi connectivity index (χ2v) is 7.90. The van der Waals surface area contributed by atoms with Crippen LogP contribution in [0.1, 0.15) is 23.2 Å². The molecule has 142 valence electrons. The van der Waals surface area contributed by atoms with Crippen LogP contribution in [0.5, 0.6) is 0 Å². The Morgan fingerprint density at radius 1 is 1.19 bits per heavy atom. The predicted molar refractivity (Wildman–Crippen MR) is 107 cm³/mol. The molecule has 1 aromatic carbocycles. The molecule has 4 heterocycles. The first-order valence-electron chi connectivity index (χ1n) is 9.28.